The van der Waals surface area contributed by atoms with Crippen molar-refractivity contribution in [3.8, 4) is 17.3 Å². The van der Waals surface area contributed by atoms with Crippen molar-refractivity contribution in [3.63, 3.8) is 0 Å². The number of fused-ring (bicyclic) bond motifs is 1. The number of benzene rings is 1. The van der Waals surface area contributed by atoms with Gasteiger partial charge in [-0.2, -0.15) is 5.26 Å². The lowest BCUT2D eigenvalue weighted by Gasteiger charge is -2.22. The van der Waals surface area contributed by atoms with Crippen LogP contribution >= 0.6 is 0 Å². The molecule has 3 aromatic rings. The summed E-state index contributed by atoms with van der Waals surface area (Å²) in [5.74, 6) is 0.868. The van der Waals surface area contributed by atoms with E-state index in [0.29, 0.717) is 11.2 Å². The van der Waals surface area contributed by atoms with E-state index in [1.807, 2.05) is 4.52 Å². The summed E-state index contributed by atoms with van der Waals surface area (Å²) >= 11 is 0. The van der Waals surface area contributed by atoms with Crippen molar-refractivity contribution < 1.29 is 0 Å². The highest BCUT2D eigenvalue weighted by Crippen LogP contribution is 2.31. The largest absolute Gasteiger partial charge is 0.364 e. The second-order valence-corrected chi connectivity index (χ2v) is 6.51. The number of nitrogens with zero attached hydrogens (tertiary/aromatic N) is 3. The van der Waals surface area contributed by atoms with Crippen molar-refractivity contribution in [1.29, 1.82) is 5.26 Å². The summed E-state index contributed by atoms with van der Waals surface area (Å²) in [4.78, 5) is 4.67. The first-order valence-electron chi connectivity index (χ1n) is 7.24. The summed E-state index contributed by atoms with van der Waals surface area (Å²) in [6.07, 6.45) is 1.68. The van der Waals surface area contributed by atoms with Gasteiger partial charge in [-0.1, -0.05) is 29.8 Å². The van der Waals surface area contributed by atoms with E-state index >= 15 is 0 Å². The van der Waals surface area contributed by atoms with Crippen LogP contribution in [0.3, 0.4) is 0 Å². The molecular weight excluding hydrogens is 274 g/mol. The summed E-state index contributed by atoms with van der Waals surface area (Å²) in [5, 5.41) is 15.8. The van der Waals surface area contributed by atoms with Crippen molar-refractivity contribution in [3.05, 3.63) is 41.6 Å². The van der Waals surface area contributed by atoms with E-state index in [9.17, 15) is 5.26 Å². The van der Waals surface area contributed by atoms with E-state index in [2.05, 4.69) is 73.4 Å². The molecule has 5 heteroatoms. The molecule has 0 spiro atoms. The number of aromatic amines is 1. The molecule has 112 valence electrons. The third kappa shape index (κ3) is 2.44. The molecular formula is C17H19N5. The van der Waals surface area contributed by atoms with Gasteiger partial charge in [-0.15, -0.1) is 0 Å². The van der Waals surface area contributed by atoms with Crippen LogP contribution in [0.4, 0.5) is 5.82 Å². The third-order valence-electron chi connectivity index (χ3n) is 3.40. The van der Waals surface area contributed by atoms with Crippen LogP contribution in [-0.4, -0.2) is 20.1 Å². The molecule has 0 saturated carbocycles. The first-order valence-corrected chi connectivity index (χ1v) is 7.24. The summed E-state index contributed by atoms with van der Waals surface area (Å²) in [5.41, 5.74) is 4.14. The number of nitrogens with one attached hydrogen (secondary N) is 2. The zero-order chi connectivity index (χ0) is 15.9. The number of nitriles is 1. The van der Waals surface area contributed by atoms with Gasteiger partial charge in [0.15, 0.2) is 11.5 Å². The minimum atomic E-state index is -0.118. The van der Waals surface area contributed by atoms with Gasteiger partial charge >= 0.3 is 0 Å². The van der Waals surface area contributed by atoms with Gasteiger partial charge in [-0.25, -0.2) is 9.50 Å². The summed E-state index contributed by atoms with van der Waals surface area (Å²) in [7, 11) is 0. The second-order valence-electron chi connectivity index (χ2n) is 6.51. The molecule has 0 saturated heterocycles. The Bertz CT molecular complexity index is 853. The summed E-state index contributed by atoms with van der Waals surface area (Å²) < 4.78 is 1.83. The van der Waals surface area contributed by atoms with E-state index in [1.165, 1.54) is 5.56 Å². The lowest BCUT2D eigenvalue weighted by molar-refractivity contribution is 0.627. The molecule has 2 heterocycles. The number of imidazole rings is 1. The smallest absolute Gasteiger partial charge is 0.173 e. The Kier molecular flexibility index (Phi) is 3.18. The molecule has 0 bridgehead atoms. The molecule has 0 radical (unpaired) electrons. The maximum atomic E-state index is 9.22. The minimum absolute atomic E-state index is 0.118. The lowest BCUT2D eigenvalue weighted by Crippen LogP contribution is -2.27. The van der Waals surface area contributed by atoms with Gasteiger partial charge in [0.1, 0.15) is 17.3 Å². The molecule has 0 amide bonds. The number of aryl methyl sites for hydroxylation is 1. The van der Waals surface area contributed by atoms with E-state index in [-0.39, 0.29) is 5.54 Å². The molecule has 0 aliphatic carbocycles. The molecule has 2 aromatic heterocycles. The molecule has 5 nitrogen and oxygen atoms in total. The molecule has 3 rings (SSSR count). The molecule has 0 fully saturated rings. The van der Waals surface area contributed by atoms with E-state index in [4.69, 9.17) is 0 Å². The standard InChI is InChI=1S/C17H19N5/c1-11-5-7-12(8-6-11)14-16(21-17(2,3)4)22-15(20-14)13(9-18)10-19-22/h5-8,10,19,21H,1-4H3. The highest BCUT2D eigenvalue weighted by molar-refractivity contribution is 5.78. The van der Waals surface area contributed by atoms with Gasteiger partial charge in [-0.05, 0) is 27.7 Å². The Labute approximate surface area is 129 Å². The van der Waals surface area contributed by atoms with Crippen LogP contribution in [0.25, 0.3) is 16.9 Å². The van der Waals surface area contributed by atoms with E-state index in [0.717, 1.165) is 17.1 Å². The maximum absolute atomic E-state index is 9.22. The monoisotopic (exact) mass is 293 g/mol. The number of H-pyrrole nitrogens is 1. The average Bonchev–Trinajstić information content (AvgIpc) is 2.98. The quantitative estimate of drug-likeness (QED) is 0.756. The third-order valence-corrected chi connectivity index (χ3v) is 3.40. The fourth-order valence-electron chi connectivity index (χ4n) is 2.39. The van der Waals surface area contributed by atoms with Crippen LogP contribution in [0.15, 0.2) is 30.5 Å². The fraction of sp³-hybridized carbons (Fsp3) is 0.294. The van der Waals surface area contributed by atoms with Crippen LogP contribution in [-0.2, 0) is 0 Å². The van der Waals surface area contributed by atoms with Crippen LogP contribution in [0.2, 0.25) is 0 Å². The predicted molar refractivity (Wildman–Crippen MR) is 87.8 cm³/mol. The van der Waals surface area contributed by atoms with Crippen molar-refractivity contribution >= 4 is 11.5 Å². The van der Waals surface area contributed by atoms with Gasteiger partial charge in [0.05, 0.1) is 0 Å². The van der Waals surface area contributed by atoms with Crippen LogP contribution < -0.4 is 5.32 Å². The maximum Gasteiger partial charge on any atom is 0.173 e. The average molecular weight is 293 g/mol. The number of aromatic nitrogens is 3. The van der Waals surface area contributed by atoms with Gasteiger partial charge in [-0.3, -0.25) is 5.10 Å². The Hall–Kier alpha value is -2.74. The Balaban J connectivity index is 2.23. The van der Waals surface area contributed by atoms with E-state index in [1.54, 1.807) is 6.20 Å². The molecule has 0 aliphatic rings. The van der Waals surface area contributed by atoms with Crippen molar-refractivity contribution in [2.45, 2.75) is 33.2 Å². The minimum Gasteiger partial charge on any atom is -0.364 e. The molecule has 0 atom stereocenters. The normalized spacial score (nSPS) is 11.6. The summed E-state index contributed by atoms with van der Waals surface area (Å²) in [6, 6.07) is 10.4. The van der Waals surface area contributed by atoms with Crippen LogP contribution in [0, 0.1) is 18.3 Å². The number of hydrogen-bond acceptors (Lipinski definition) is 3. The SMILES string of the molecule is Cc1ccc(-c2nc3c(C#N)c[nH]n3c2NC(C)(C)C)cc1. The highest BCUT2D eigenvalue weighted by atomic mass is 15.3. The molecule has 0 aliphatic heterocycles. The zero-order valence-electron chi connectivity index (χ0n) is 13.2. The Morgan fingerprint density at radius 2 is 1.91 bits per heavy atom. The zero-order valence-corrected chi connectivity index (χ0v) is 13.2. The van der Waals surface area contributed by atoms with Crippen molar-refractivity contribution in [2.24, 2.45) is 0 Å². The topological polar surface area (TPSA) is 68.9 Å². The molecule has 2 N–H and O–H groups in total. The van der Waals surface area contributed by atoms with Gasteiger partial charge < -0.3 is 5.32 Å². The number of rotatable bonds is 2. The van der Waals surface area contributed by atoms with E-state index < -0.39 is 0 Å². The second kappa shape index (κ2) is 4.92. The Morgan fingerprint density at radius 1 is 1.23 bits per heavy atom. The number of anilines is 1. The Morgan fingerprint density at radius 3 is 2.50 bits per heavy atom. The highest BCUT2D eigenvalue weighted by Gasteiger charge is 2.21. The molecule has 22 heavy (non-hydrogen) atoms. The van der Waals surface area contributed by atoms with Crippen molar-refractivity contribution in [2.75, 3.05) is 5.32 Å². The van der Waals surface area contributed by atoms with Crippen LogP contribution in [0.5, 0.6) is 0 Å². The number of hydrogen-bond donors (Lipinski definition) is 2. The fourth-order valence-corrected chi connectivity index (χ4v) is 2.39. The van der Waals surface area contributed by atoms with Gasteiger partial charge in [0.2, 0.25) is 0 Å². The molecule has 1 aromatic carbocycles. The van der Waals surface area contributed by atoms with Crippen LogP contribution in [0.1, 0.15) is 31.9 Å². The molecule has 0 unspecified atom stereocenters. The predicted octanol–water partition coefficient (Wildman–Crippen LogP) is 3.72. The first-order chi connectivity index (χ1) is 10.4. The first kappa shape index (κ1) is 14.2. The van der Waals surface area contributed by atoms with Gasteiger partial charge in [0, 0.05) is 17.3 Å². The van der Waals surface area contributed by atoms with Crippen molar-refractivity contribution in [1.82, 2.24) is 14.6 Å². The lowest BCUT2D eigenvalue weighted by atomic mass is 10.1. The van der Waals surface area contributed by atoms with Gasteiger partial charge in [0.25, 0.3) is 0 Å². The summed E-state index contributed by atoms with van der Waals surface area (Å²) in [6.45, 7) is 8.35.